The molecular weight excluding hydrogens is 271 g/mol. The molecule has 0 heterocycles. The molecule has 0 spiro atoms. The van der Waals surface area contributed by atoms with Gasteiger partial charge in [-0.15, -0.1) is 0 Å². The molecule has 1 N–H and O–H groups in total. The van der Waals surface area contributed by atoms with Gasteiger partial charge in [-0.1, -0.05) is 26.7 Å². The molecule has 0 aliphatic heterocycles. The summed E-state index contributed by atoms with van der Waals surface area (Å²) < 4.78 is 35.7. The minimum atomic E-state index is -4.71. The molecular formula is C14H24F3NO2. The van der Waals surface area contributed by atoms with Crippen LogP contribution in [0.3, 0.4) is 0 Å². The second-order valence-electron chi connectivity index (χ2n) is 5.37. The minimum absolute atomic E-state index is 0.0167. The van der Waals surface area contributed by atoms with Crippen molar-refractivity contribution in [2.45, 2.75) is 65.0 Å². The summed E-state index contributed by atoms with van der Waals surface area (Å²) in [5, 5.41) is 2.80. The van der Waals surface area contributed by atoms with Crippen LogP contribution in [0.15, 0.2) is 0 Å². The van der Waals surface area contributed by atoms with Crippen molar-refractivity contribution < 1.29 is 22.8 Å². The number of ketones is 1. The van der Waals surface area contributed by atoms with E-state index in [1.54, 1.807) is 0 Å². The van der Waals surface area contributed by atoms with Crippen molar-refractivity contribution in [3.8, 4) is 0 Å². The monoisotopic (exact) mass is 295 g/mol. The molecule has 6 heteroatoms. The van der Waals surface area contributed by atoms with E-state index in [1.165, 1.54) is 0 Å². The van der Waals surface area contributed by atoms with Crippen LogP contribution in [0.25, 0.3) is 0 Å². The van der Waals surface area contributed by atoms with Crippen LogP contribution in [0.4, 0.5) is 13.2 Å². The Kier molecular flexibility index (Phi) is 9.25. The molecule has 0 saturated carbocycles. The standard InChI is InChI=1S/C14H24F3NO2/c1-11(2)9-10-18-13(20)8-6-4-3-5-7-12(19)14(15,16)17/h11H,3-10H2,1-2H3,(H,18,20). The number of carbonyl (C=O) groups excluding carboxylic acids is 2. The fourth-order valence-corrected chi connectivity index (χ4v) is 1.66. The van der Waals surface area contributed by atoms with E-state index >= 15 is 0 Å². The maximum atomic E-state index is 11.9. The molecule has 0 aromatic rings. The molecule has 0 atom stereocenters. The number of hydrogen-bond acceptors (Lipinski definition) is 2. The molecule has 0 aliphatic carbocycles. The van der Waals surface area contributed by atoms with Crippen LogP contribution in [-0.4, -0.2) is 24.4 Å². The van der Waals surface area contributed by atoms with E-state index < -0.39 is 18.4 Å². The number of alkyl halides is 3. The Balaban J connectivity index is 3.44. The largest absolute Gasteiger partial charge is 0.449 e. The van der Waals surface area contributed by atoms with Crippen LogP contribution in [0.5, 0.6) is 0 Å². The van der Waals surface area contributed by atoms with Crippen LogP contribution in [0, 0.1) is 5.92 Å². The molecule has 0 aromatic heterocycles. The lowest BCUT2D eigenvalue weighted by Gasteiger charge is -2.07. The number of rotatable bonds is 10. The zero-order valence-electron chi connectivity index (χ0n) is 12.2. The fraction of sp³-hybridized carbons (Fsp3) is 0.857. The number of hydrogen-bond donors (Lipinski definition) is 1. The van der Waals surface area contributed by atoms with Crippen molar-refractivity contribution in [1.29, 1.82) is 0 Å². The Morgan fingerprint density at radius 2 is 1.55 bits per heavy atom. The summed E-state index contributed by atoms with van der Waals surface area (Å²) in [5.41, 5.74) is 0. The summed E-state index contributed by atoms with van der Waals surface area (Å²) in [6.07, 6.45) is -1.75. The zero-order chi connectivity index (χ0) is 15.6. The molecule has 0 fully saturated rings. The SMILES string of the molecule is CC(C)CCNC(=O)CCCCCCC(=O)C(F)(F)F. The molecule has 20 heavy (non-hydrogen) atoms. The molecule has 0 bridgehead atoms. The van der Waals surface area contributed by atoms with Crippen molar-refractivity contribution in [3.63, 3.8) is 0 Å². The predicted octanol–water partition coefficient (Wildman–Crippen LogP) is 3.62. The minimum Gasteiger partial charge on any atom is -0.356 e. The number of nitrogens with one attached hydrogen (secondary N) is 1. The Morgan fingerprint density at radius 1 is 1.00 bits per heavy atom. The number of halogens is 3. The van der Waals surface area contributed by atoms with Crippen molar-refractivity contribution >= 4 is 11.7 Å². The first-order valence-corrected chi connectivity index (χ1v) is 7.10. The maximum absolute atomic E-state index is 11.9. The third kappa shape index (κ3) is 10.8. The van der Waals surface area contributed by atoms with Gasteiger partial charge in [0.25, 0.3) is 0 Å². The fourth-order valence-electron chi connectivity index (χ4n) is 1.66. The molecule has 3 nitrogen and oxygen atoms in total. The number of unbranched alkanes of at least 4 members (excludes halogenated alkanes) is 3. The molecule has 0 saturated heterocycles. The quantitative estimate of drug-likeness (QED) is 0.626. The Hall–Kier alpha value is -1.07. The van der Waals surface area contributed by atoms with E-state index in [0.29, 0.717) is 38.1 Å². The highest BCUT2D eigenvalue weighted by atomic mass is 19.4. The van der Waals surface area contributed by atoms with Gasteiger partial charge in [0.1, 0.15) is 0 Å². The lowest BCUT2D eigenvalue weighted by Crippen LogP contribution is -2.24. The average molecular weight is 295 g/mol. The first-order chi connectivity index (χ1) is 9.23. The van der Waals surface area contributed by atoms with Crippen LogP contribution >= 0.6 is 0 Å². The van der Waals surface area contributed by atoms with Crippen LogP contribution in [-0.2, 0) is 9.59 Å². The molecule has 0 aromatic carbocycles. The maximum Gasteiger partial charge on any atom is 0.449 e. The highest BCUT2D eigenvalue weighted by Crippen LogP contribution is 2.19. The third-order valence-corrected chi connectivity index (χ3v) is 2.92. The topological polar surface area (TPSA) is 46.2 Å². The van der Waals surface area contributed by atoms with E-state index in [0.717, 1.165) is 6.42 Å². The second-order valence-corrected chi connectivity index (χ2v) is 5.37. The lowest BCUT2D eigenvalue weighted by atomic mass is 10.1. The summed E-state index contributed by atoms with van der Waals surface area (Å²) in [6.45, 7) is 4.82. The molecule has 0 rings (SSSR count). The summed E-state index contributed by atoms with van der Waals surface area (Å²) in [6, 6.07) is 0. The van der Waals surface area contributed by atoms with Crippen molar-refractivity contribution in [2.24, 2.45) is 5.92 Å². The summed E-state index contributed by atoms with van der Waals surface area (Å²) >= 11 is 0. The number of carbonyl (C=O) groups is 2. The predicted molar refractivity (Wildman–Crippen MR) is 71.2 cm³/mol. The van der Waals surface area contributed by atoms with Gasteiger partial charge in [0, 0.05) is 19.4 Å². The average Bonchev–Trinajstić information content (AvgIpc) is 2.31. The van der Waals surface area contributed by atoms with Crippen LogP contribution in [0.1, 0.15) is 58.8 Å². The van der Waals surface area contributed by atoms with E-state index in [2.05, 4.69) is 19.2 Å². The van der Waals surface area contributed by atoms with Crippen LogP contribution < -0.4 is 5.32 Å². The highest BCUT2D eigenvalue weighted by molar-refractivity contribution is 5.83. The van der Waals surface area contributed by atoms with E-state index in [4.69, 9.17) is 0 Å². The molecule has 118 valence electrons. The van der Waals surface area contributed by atoms with Crippen molar-refractivity contribution in [1.82, 2.24) is 5.32 Å². The zero-order valence-corrected chi connectivity index (χ0v) is 12.2. The lowest BCUT2D eigenvalue weighted by molar-refractivity contribution is -0.171. The summed E-state index contributed by atoms with van der Waals surface area (Å²) in [5.74, 6) is -1.14. The summed E-state index contributed by atoms with van der Waals surface area (Å²) in [4.78, 5) is 22.0. The Morgan fingerprint density at radius 3 is 2.05 bits per heavy atom. The van der Waals surface area contributed by atoms with Gasteiger partial charge in [0.15, 0.2) is 0 Å². The smallest absolute Gasteiger partial charge is 0.356 e. The van der Waals surface area contributed by atoms with Crippen molar-refractivity contribution in [2.75, 3.05) is 6.54 Å². The van der Waals surface area contributed by atoms with Crippen LogP contribution in [0.2, 0.25) is 0 Å². The van der Waals surface area contributed by atoms with Gasteiger partial charge in [0.2, 0.25) is 11.7 Å². The molecule has 0 radical (unpaired) electrons. The van der Waals surface area contributed by atoms with Crippen molar-refractivity contribution in [3.05, 3.63) is 0 Å². The van der Waals surface area contributed by atoms with Gasteiger partial charge in [-0.3, -0.25) is 9.59 Å². The molecule has 1 amide bonds. The normalized spacial score (nSPS) is 11.7. The first-order valence-electron chi connectivity index (χ1n) is 7.10. The summed E-state index contributed by atoms with van der Waals surface area (Å²) in [7, 11) is 0. The van der Waals surface area contributed by atoms with E-state index in [-0.39, 0.29) is 12.3 Å². The Bertz CT molecular complexity index is 301. The van der Waals surface area contributed by atoms with Gasteiger partial charge < -0.3 is 5.32 Å². The second kappa shape index (κ2) is 9.77. The number of amides is 1. The first kappa shape index (κ1) is 18.9. The number of Topliss-reactive ketones (excluding diaryl/α,β-unsaturated/α-hetero) is 1. The van der Waals surface area contributed by atoms with Gasteiger partial charge in [-0.2, -0.15) is 13.2 Å². The molecule has 0 unspecified atom stereocenters. The molecule has 0 aliphatic rings. The van der Waals surface area contributed by atoms with Gasteiger partial charge in [-0.05, 0) is 25.2 Å². The van der Waals surface area contributed by atoms with Gasteiger partial charge >= 0.3 is 6.18 Å². The highest BCUT2D eigenvalue weighted by Gasteiger charge is 2.36. The van der Waals surface area contributed by atoms with E-state index in [1.807, 2.05) is 0 Å². The van der Waals surface area contributed by atoms with E-state index in [9.17, 15) is 22.8 Å². The Labute approximate surface area is 118 Å². The van der Waals surface area contributed by atoms with Gasteiger partial charge in [0.05, 0.1) is 0 Å². The third-order valence-electron chi connectivity index (χ3n) is 2.92. The van der Waals surface area contributed by atoms with Gasteiger partial charge in [-0.25, -0.2) is 0 Å².